The minimum absolute atomic E-state index is 0.0197. The van der Waals surface area contributed by atoms with E-state index in [1.165, 1.54) is 12.8 Å². The minimum Gasteiger partial charge on any atom is -0.494 e. The standard InChI is InChI=1S/C22H28N2O3/c1-2-3-4-16-26-19-9-7-18(8-10-19)22(25)24-15-5-6-21(17-24)27-20-11-13-23-14-12-20/h7-14,21H,2-6,15-17H2,1H3. The Balaban J connectivity index is 1.53. The van der Waals surface area contributed by atoms with Gasteiger partial charge in [-0.3, -0.25) is 9.78 Å². The van der Waals surface area contributed by atoms with E-state index in [1.54, 1.807) is 12.4 Å². The molecule has 0 saturated carbocycles. The van der Waals surface area contributed by atoms with Gasteiger partial charge in [-0.25, -0.2) is 0 Å². The smallest absolute Gasteiger partial charge is 0.253 e. The van der Waals surface area contributed by atoms with Crippen LogP contribution in [0.2, 0.25) is 0 Å². The Hall–Kier alpha value is -2.56. The third kappa shape index (κ3) is 5.71. The van der Waals surface area contributed by atoms with Crippen LogP contribution < -0.4 is 9.47 Å². The minimum atomic E-state index is 0.0197. The van der Waals surface area contributed by atoms with Gasteiger partial charge in [-0.15, -0.1) is 0 Å². The summed E-state index contributed by atoms with van der Waals surface area (Å²) in [5.74, 6) is 1.67. The number of unbranched alkanes of at least 4 members (excludes halogenated alkanes) is 2. The fourth-order valence-electron chi connectivity index (χ4n) is 3.25. The first-order valence-electron chi connectivity index (χ1n) is 9.85. The summed E-state index contributed by atoms with van der Waals surface area (Å²) in [4.78, 5) is 18.7. The first kappa shape index (κ1) is 19.2. The summed E-state index contributed by atoms with van der Waals surface area (Å²) in [6.45, 7) is 4.27. The van der Waals surface area contributed by atoms with Crippen molar-refractivity contribution >= 4 is 5.91 Å². The number of piperidine rings is 1. The number of ether oxygens (including phenoxy) is 2. The van der Waals surface area contributed by atoms with Crippen LogP contribution in [-0.2, 0) is 0 Å². The Morgan fingerprint density at radius 1 is 1.11 bits per heavy atom. The fraction of sp³-hybridized carbons (Fsp3) is 0.455. The zero-order valence-electron chi connectivity index (χ0n) is 16.0. The maximum absolute atomic E-state index is 12.8. The molecular weight excluding hydrogens is 340 g/mol. The highest BCUT2D eigenvalue weighted by molar-refractivity contribution is 5.94. The van der Waals surface area contributed by atoms with E-state index in [4.69, 9.17) is 9.47 Å². The molecule has 144 valence electrons. The van der Waals surface area contributed by atoms with E-state index in [9.17, 15) is 4.79 Å². The molecule has 1 aliphatic heterocycles. The summed E-state index contributed by atoms with van der Waals surface area (Å²) in [5.41, 5.74) is 0.695. The average molecular weight is 368 g/mol. The maximum atomic E-state index is 12.8. The van der Waals surface area contributed by atoms with Crippen molar-refractivity contribution in [2.24, 2.45) is 0 Å². The van der Waals surface area contributed by atoms with Gasteiger partial charge in [0.2, 0.25) is 0 Å². The van der Waals surface area contributed by atoms with Gasteiger partial charge in [-0.2, -0.15) is 0 Å². The van der Waals surface area contributed by atoms with E-state index in [-0.39, 0.29) is 12.0 Å². The Labute approximate surface area is 161 Å². The normalized spacial score (nSPS) is 16.8. The number of carbonyl (C=O) groups is 1. The molecule has 2 heterocycles. The van der Waals surface area contributed by atoms with E-state index in [0.29, 0.717) is 12.1 Å². The summed E-state index contributed by atoms with van der Waals surface area (Å²) in [6.07, 6.45) is 8.76. The second-order valence-electron chi connectivity index (χ2n) is 6.90. The molecule has 0 radical (unpaired) electrons. The van der Waals surface area contributed by atoms with E-state index < -0.39 is 0 Å². The van der Waals surface area contributed by atoms with Crippen molar-refractivity contribution < 1.29 is 14.3 Å². The number of benzene rings is 1. The largest absolute Gasteiger partial charge is 0.494 e. The van der Waals surface area contributed by atoms with E-state index >= 15 is 0 Å². The van der Waals surface area contributed by atoms with Crippen LogP contribution in [0.1, 0.15) is 49.4 Å². The molecule has 1 amide bonds. The molecule has 1 saturated heterocycles. The van der Waals surface area contributed by atoms with Crippen molar-refractivity contribution in [3.05, 3.63) is 54.4 Å². The molecule has 2 aromatic rings. The van der Waals surface area contributed by atoms with Gasteiger partial charge >= 0.3 is 0 Å². The topological polar surface area (TPSA) is 51.7 Å². The maximum Gasteiger partial charge on any atom is 0.253 e. The molecule has 1 fully saturated rings. The Morgan fingerprint density at radius 3 is 2.63 bits per heavy atom. The fourth-order valence-corrected chi connectivity index (χ4v) is 3.25. The Kier molecular flexibility index (Phi) is 7.08. The van der Waals surface area contributed by atoms with E-state index in [1.807, 2.05) is 41.3 Å². The lowest BCUT2D eigenvalue weighted by atomic mass is 10.1. The van der Waals surface area contributed by atoms with E-state index in [2.05, 4.69) is 11.9 Å². The van der Waals surface area contributed by atoms with E-state index in [0.717, 1.165) is 43.9 Å². The van der Waals surface area contributed by atoms with Crippen LogP contribution in [0.15, 0.2) is 48.8 Å². The third-order valence-electron chi connectivity index (χ3n) is 4.74. The number of pyridine rings is 1. The van der Waals surface area contributed by atoms with Crippen LogP contribution in [0.5, 0.6) is 11.5 Å². The second-order valence-corrected chi connectivity index (χ2v) is 6.90. The van der Waals surface area contributed by atoms with Gasteiger partial charge in [0.1, 0.15) is 17.6 Å². The number of likely N-dealkylation sites (tertiary alicyclic amines) is 1. The van der Waals surface area contributed by atoms with Crippen molar-refractivity contribution in [3.63, 3.8) is 0 Å². The SMILES string of the molecule is CCCCCOc1ccc(C(=O)N2CCCC(Oc3ccncc3)C2)cc1. The highest BCUT2D eigenvalue weighted by Crippen LogP contribution is 2.20. The number of amides is 1. The molecule has 1 aromatic carbocycles. The molecule has 0 bridgehead atoms. The van der Waals surface area contributed by atoms with Crippen molar-refractivity contribution in [1.82, 2.24) is 9.88 Å². The quantitative estimate of drug-likeness (QED) is 0.651. The summed E-state index contributed by atoms with van der Waals surface area (Å²) < 4.78 is 11.7. The number of rotatable bonds is 8. The highest BCUT2D eigenvalue weighted by atomic mass is 16.5. The van der Waals surface area contributed by atoms with Gasteiger partial charge < -0.3 is 14.4 Å². The summed E-state index contributed by atoms with van der Waals surface area (Å²) in [6, 6.07) is 11.2. The molecular formula is C22H28N2O3. The summed E-state index contributed by atoms with van der Waals surface area (Å²) in [5, 5.41) is 0. The lowest BCUT2D eigenvalue weighted by Crippen LogP contribution is -2.44. The van der Waals surface area contributed by atoms with Crippen molar-refractivity contribution in [3.8, 4) is 11.5 Å². The molecule has 5 nitrogen and oxygen atoms in total. The highest BCUT2D eigenvalue weighted by Gasteiger charge is 2.25. The molecule has 1 atom stereocenters. The average Bonchev–Trinajstić information content (AvgIpc) is 2.72. The number of carbonyl (C=O) groups excluding carboxylic acids is 1. The van der Waals surface area contributed by atoms with Crippen molar-refractivity contribution in [2.45, 2.75) is 45.1 Å². The Bertz CT molecular complexity index is 703. The van der Waals surface area contributed by atoms with Gasteiger partial charge in [0.05, 0.1) is 13.2 Å². The van der Waals surface area contributed by atoms with Crippen LogP contribution in [-0.4, -0.2) is 41.6 Å². The van der Waals surface area contributed by atoms with Crippen LogP contribution in [0.25, 0.3) is 0 Å². The zero-order valence-corrected chi connectivity index (χ0v) is 16.0. The first-order chi connectivity index (χ1) is 13.3. The van der Waals surface area contributed by atoms with Crippen LogP contribution >= 0.6 is 0 Å². The van der Waals surface area contributed by atoms with Crippen molar-refractivity contribution in [1.29, 1.82) is 0 Å². The zero-order chi connectivity index (χ0) is 18.9. The predicted octanol–water partition coefficient (Wildman–Crippen LogP) is 4.33. The molecule has 1 aromatic heterocycles. The summed E-state index contributed by atoms with van der Waals surface area (Å²) in [7, 11) is 0. The lowest BCUT2D eigenvalue weighted by Gasteiger charge is -2.33. The molecule has 0 aliphatic carbocycles. The second kappa shape index (κ2) is 9.95. The van der Waals surface area contributed by atoms with Crippen LogP contribution in [0, 0.1) is 0 Å². The monoisotopic (exact) mass is 368 g/mol. The first-order valence-corrected chi connectivity index (χ1v) is 9.85. The van der Waals surface area contributed by atoms with Crippen LogP contribution in [0.3, 0.4) is 0 Å². The molecule has 0 spiro atoms. The molecule has 5 heteroatoms. The Morgan fingerprint density at radius 2 is 1.89 bits per heavy atom. The van der Waals surface area contributed by atoms with Gasteiger partial charge in [-0.05, 0) is 55.7 Å². The van der Waals surface area contributed by atoms with Gasteiger partial charge in [0.25, 0.3) is 5.91 Å². The van der Waals surface area contributed by atoms with Gasteiger partial charge in [0, 0.05) is 24.5 Å². The number of hydrogen-bond acceptors (Lipinski definition) is 4. The molecule has 1 aliphatic rings. The van der Waals surface area contributed by atoms with Crippen LogP contribution in [0.4, 0.5) is 0 Å². The lowest BCUT2D eigenvalue weighted by molar-refractivity contribution is 0.0537. The molecule has 27 heavy (non-hydrogen) atoms. The van der Waals surface area contributed by atoms with Gasteiger partial charge in [-0.1, -0.05) is 19.8 Å². The van der Waals surface area contributed by atoms with Crippen molar-refractivity contribution in [2.75, 3.05) is 19.7 Å². The molecule has 0 N–H and O–H groups in total. The summed E-state index contributed by atoms with van der Waals surface area (Å²) >= 11 is 0. The molecule has 1 unspecified atom stereocenters. The number of nitrogens with zero attached hydrogens (tertiary/aromatic N) is 2. The predicted molar refractivity (Wildman–Crippen MR) is 105 cm³/mol. The number of aromatic nitrogens is 1. The third-order valence-corrected chi connectivity index (χ3v) is 4.74. The number of hydrogen-bond donors (Lipinski definition) is 0. The molecule has 3 rings (SSSR count). The van der Waals surface area contributed by atoms with Gasteiger partial charge in [0.15, 0.2) is 0 Å².